The lowest BCUT2D eigenvalue weighted by Crippen LogP contribution is -2.37. The molecule has 2 aromatic rings. The average molecular weight is 342 g/mol. The molecule has 1 aromatic heterocycles. The van der Waals surface area contributed by atoms with Crippen LogP contribution in [0.25, 0.3) is 11.5 Å². The third-order valence-corrected chi connectivity index (χ3v) is 5.47. The quantitative estimate of drug-likeness (QED) is 0.899. The Labute approximate surface area is 148 Å². The van der Waals surface area contributed by atoms with Crippen molar-refractivity contribution < 1.29 is 9.63 Å². The Morgan fingerprint density at radius 2 is 1.80 bits per heavy atom. The Kier molecular flexibility index (Phi) is 4.99. The Hall–Kier alpha value is -1.92. The number of rotatable bonds is 5. The molecular weight excluding hydrogens is 316 g/mol. The van der Waals surface area contributed by atoms with Crippen molar-refractivity contribution in [1.82, 2.24) is 15.0 Å². The van der Waals surface area contributed by atoms with Gasteiger partial charge in [0.2, 0.25) is 0 Å². The summed E-state index contributed by atoms with van der Waals surface area (Å²) in [5, 5.41) is 14.0. The molecule has 2 aliphatic rings. The molecule has 0 radical (unpaired) electrons. The Morgan fingerprint density at radius 3 is 2.56 bits per heavy atom. The van der Waals surface area contributed by atoms with Crippen molar-refractivity contribution >= 4 is 5.95 Å². The van der Waals surface area contributed by atoms with E-state index in [1.807, 2.05) is 30.3 Å². The van der Waals surface area contributed by atoms with Crippen LogP contribution in [0, 0.1) is 11.8 Å². The fourth-order valence-corrected chi connectivity index (χ4v) is 4.03. The van der Waals surface area contributed by atoms with Crippen molar-refractivity contribution in [2.45, 2.75) is 19.3 Å². The summed E-state index contributed by atoms with van der Waals surface area (Å²) in [6, 6.07) is 9.84. The van der Waals surface area contributed by atoms with E-state index in [0.717, 1.165) is 25.2 Å². The van der Waals surface area contributed by atoms with Gasteiger partial charge in [0.05, 0.1) is 0 Å². The predicted octanol–water partition coefficient (Wildman–Crippen LogP) is 2.27. The van der Waals surface area contributed by atoms with Gasteiger partial charge < -0.3 is 19.4 Å². The molecular formula is C19H26N4O2. The van der Waals surface area contributed by atoms with E-state index in [9.17, 15) is 5.11 Å². The summed E-state index contributed by atoms with van der Waals surface area (Å²) in [6.07, 6.45) is 3.94. The summed E-state index contributed by atoms with van der Waals surface area (Å²) in [6.45, 7) is 5.34. The molecule has 2 fully saturated rings. The smallest absolute Gasteiger partial charge is 0.266 e. The van der Waals surface area contributed by atoms with Crippen molar-refractivity contribution in [3.63, 3.8) is 0 Å². The zero-order valence-corrected chi connectivity index (χ0v) is 14.5. The van der Waals surface area contributed by atoms with E-state index in [2.05, 4.69) is 19.9 Å². The van der Waals surface area contributed by atoms with Crippen molar-refractivity contribution in [2.75, 3.05) is 44.2 Å². The summed E-state index contributed by atoms with van der Waals surface area (Å²) in [4.78, 5) is 9.27. The lowest BCUT2D eigenvalue weighted by Gasteiger charge is -2.30. The van der Waals surface area contributed by atoms with Gasteiger partial charge >= 0.3 is 0 Å². The molecule has 2 saturated heterocycles. The van der Waals surface area contributed by atoms with Gasteiger partial charge in [0.1, 0.15) is 0 Å². The number of anilines is 1. The zero-order chi connectivity index (χ0) is 17.1. The highest BCUT2D eigenvalue weighted by Gasteiger charge is 2.35. The third-order valence-electron chi connectivity index (χ3n) is 5.47. The largest absolute Gasteiger partial charge is 0.396 e. The highest BCUT2D eigenvalue weighted by molar-refractivity contribution is 5.54. The number of hydrogen-bond acceptors (Lipinski definition) is 6. The second-order valence-corrected chi connectivity index (χ2v) is 7.23. The van der Waals surface area contributed by atoms with Gasteiger partial charge in [-0.25, -0.2) is 0 Å². The van der Waals surface area contributed by atoms with Crippen LogP contribution in [0.1, 0.15) is 19.3 Å². The first kappa shape index (κ1) is 16.5. The molecule has 0 spiro atoms. The lowest BCUT2D eigenvalue weighted by atomic mass is 9.95. The summed E-state index contributed by atoms with van der Waals surface area (Å²) >= 11 is 0. The lowest BCUT2D eigenvalue weighted by molar-refractivity contribution is 0.149. The summed E-state index contributed by atoms with van der Waals surface area (Å²) in [7, 11) is 0. The van der Waals surface area contributed by atoms with Crippen molar-refractivity contribution in [3.8, 4) is 11.5 Å². The van der Waals surface area contributed by atoms with Gasteiger partial charge in [0.25, 0.3) is 11.8 Å². The molecule has 0 saturated carbocycles. The molecule has 0 unspecified atom stereocenters. The van der Waals surface area contributed by atoms with Crippen LogP contribution < -0.4 is 4.90 Å². The van der Waals surface area contributed by atoms with Gasteiger partial charge in [0.15, 0.2) is 0 Å². The molecule has 1 aromatic carbocycles. The van der Waals surface area contributed by atoms with E-state index in [-0.39, 0.29) is 12.5 Å². The molecule has 1 N–H and O–H groups in total. The van der Waals surface area contributed by atoms with Crippen molar-refractivity contribution in [1.29, 1.82) is 0 Å². The molecule has 25 heavy (non-hydrogen) atoms. The Bertz CT molecular complexity index is 669. The van der Waals surface area contributed by atoms with Gasteiger partial charge in [0, 0.05) is 37.7 Å². The molecule has 6 heteroatoms. The van der Waals surface area contributed by atoms with Crippen molar-refractivity contribution in [2.24, 2.45) is 11.8 Å². The number of aliphatic hydroxyl groups is 1. The number of likely N-dealkylation sites (tertiary alicyclic amines) is 1. The van der Waals surface area contributed by atoms with Crippen LogP contribution >= 0.6 is 0 Å². The first-order valence-electron chi connectivity index (χ1n) is 9.31. The second kappa shape index (κ2) is 7.54. The first-order valence-corrected chi connectivity index (χ1v) is 9.31. The van der Waals surface area contributed by atoms with E-state index >= 15 is 0 Å². The van der Waals surface area contributed by atoms with Crippen LogP contribution in [-0.2, 0) is 0 Å². The summed E-state index contributed by atoms with van der Waals surface area (Å²) in [5.41, 5.74) is 0.934. The maximum absolute atomic E-state index is 9.80. The molecule has 2 aliphatic heterocycles. The van der Waals surface area contributed by atoms with Gasteiger partial charge in [-0.3, -0.25) is 0 Å². The molecule has 2 atom stereocenters. The topological polar surface area (TPSA) is 65.6 Å². The number of nitrogens with zero attached hydrogens (tertiary/aromatic N) is 4. The average Bonchev–Trinajstić information content (AvgIpc) is 3.30. The van der Waals surface area contributed by atoms with Crippen LogP contribution in [0.5, 0.6) is 0 Å². The second-order valence-electron chi connectivity index (χ2n) is 7.23. The minimum atomic E-state index is 0.221. The van der Waals surface area contributed by atoms with Crippen LogP contribution in [0.15, 0.2) is 34.9 Å². The van der Waals surface area contributed by atoms with Gasteiger partial charge in [-0.15, -0.1) is 0 Å². The van der Waals surface area contributed by atoms with E-state index < -0.39 is 0 Å². The predicted molar refractivity (Wildman–Crippen MR) is 96.3 cm³/mol. The Balaban J connectivity index is 1.44. The van der Waals surface area contributed by atoms with Gasteiger partial charge in [-0.2, -0.15) is 4.98 Å². The highest BCUT2D eigenvalue weighted by atomic mass is 16.5. The van der Waals surface area contributed by atoms with Crippen molar-refractivity contribution in [3.05, 3.63) is 30.3 Å². The van der Waals surface area contributed by atoms with Gasteiger partial charge in [-0.05, 0) is 49.1 Å². The first-order chi connectivity index (χ1) is 12.3. The van der Waals surface area contributed by atoms with E-state index in [4.69, 9.17) is 4.52 Å². The third kappa shape index (κ3) is 3.70. The van der Waals surface area contributed by atoms with E-state index in [1.165, 1.54) is 32.4 Å². The highest BCUT2D eigenvalue weighted by Crippen LogP contribution is 2.29. The molecule has 0 bridgehead atoms. The Morgan fingerprint density at radius 1 is 1.04 bits per heavy atom. The number of piperidine rings is 1. The number of benzene rings is 1. The molecule has 0 amide bonds. The molecule has 6 nitrogen and oxygen atoms in total. The molecule has 134 valence electrons. The minimum Gasteiger partial charge on any atom is -0.396 e. The summed E-state index contributed by atoms with van der Waals surface area (Å²) in [5.74, 6) is 1.93. The fraction of sp³-hybridized carbons (Fsp3) is 0.579. The van der Waals surface area contributed by atoms with E-state index in [0.29, 0.717) is 17.8 Å². The zero-order valence-electron chi connectivity index (χ0n) is 14.5. The fourth-order valence-electron chi connectivity index (χ4n) is 4.03. The molecule has 3 heterocycles. The normalized spacial score (nSPS) is 24.8. The van der Waals surface area contributed by atoms with Crippen LogP contribution in [0.4, 0.5) is 5.95 Å². The SMILES string of the molecule is OC[C@H]1CN(c2noc(-c3ccccc3)n2)C[C@H]1CN1CCCCC1. The molecule has 4 rings (SSSR count). The summed E-state index contributed by atoms with van der Waals surface area (Å²) < 4.78 is 5.44. The maximum Gasteiger partial charge on any atom is 0.266 e. The number of aliphatic hydroxyl groups excluding tert-OH is 1. The van der Waals surface area contributed by atoms with Crippen LogP contribution in [-0.4, -0.2) is 59.5 Å². The standard InChI is InChI=1S/C19H26N4O2/c24-14-17-13-23(12-16(17)11-22-9-5-2-6-10-22)19-20-18(25-21-19)15-7-3-1-4-8-15/h1,3-4,7-8,16-17,24H,2,5-6,9-14H2/t16-,17-/m1/s1. The maximum atomic E-state index is 9.80. The monoisotopic (exact) mass is 342 g/mol. The van der Waals surface area contributed by atoms with Crippen LogP contribution in [0.3, 0.4) is 0 Å². The van der Waals surface area contributed by atoms with Crippen LogP contribution in [0.2, 0.25) is 0 Å². The minimum absolute atomic E-state index is 0.221. The van der Waals surface area contributed by atoms with E-state index in [1.54, 1.807) is 0 Å². The van der Waals surface area contributed by atoms with Gasteiger partial charge in [-0.1, -0.05) is 24.6 Å². The number of hydrogen-bond donors (Lipinski definition) is 1. The molecule has 0 aliphatic carbocycles. The number of aromatic nitrogens is 2.